The number of likely N-dealkylation sites (N-methyl/N-ethyl adjacent to an activating group) is 1. The van der Waals surface area contributed by atoms with Gasteiger partial charge in [0.2, 0.25) is 0 Å². The van der Waals surface area contributed by atoms with Crippen LogP contribution in [0.15, 0.2) is 0 Å². The lowest BCUT2D eigenvalue weighted by Gasteiger charge is -2.33. The molecule has 0 aromatic heterocycles. The van der Waals surface area contributed by atoms with Crippen LogP contribution in [0.25, 0.3) is 0 Å². The summed E-state index contributed by atoms with van der Waals surface area (Å²) in [5, 5.41) is 8.83. The zero-order valence-corrected chi connectivity index (χ0v) is 8.66. The van der Waals surface area contributed by atoms with Crippen molar-refractivity contribution >= 4 is 12.0 Å². The van der Waals surface area contributed by atoms with Crippen LogP contribution in [0.5, 0.6) is 0 Å². The van der Waals surface area contributed by atoms with Gasteiger partial charge in [0.15, 0.2) is 0 Å². The molecule has 0 radical (unpaired) electrons. The number of aliphatic carboxylic acids is 1. The molecule has 0 rings (SSSR count). The molecule has 0 aromatic carbocycles. The van der Waals surface area contributed by atoms with Crippen LogP contribution >= 0.6 is 0 Å². The van der Waals surface area contributed by atoms with E-state index in [0.29, 0.717) is 0 Å². The van der Waals surface area contributed by atoms with Crippen LogP contribution in [0.2, 0.25) is 0 Å². The number of carbonyl (C=O) groups is 2. The predicted octanol–water partition coefficient (Wildman–Crippen LogP) is 0.463. The van der Waals surface area contributed by atoms with Gasteiger partial charge in [-0.2, -0.15) is 0 Å². The summed E-state index contributed by atoms with van der Waals surface area (Å²) < 4.78 is 0. The van der Waals surface area contributed by atoms with Crippen molar-refractivity contribution in [3.63, 3.8) is 0 Å². The Hall–Kier alpha value is -1.26. The molecule has 0 spiro atoms. The van der Waals surface area contributed by atoms with Crippen molar-refractivity contribution in [3.8, 4) is 0 Å². The summed E-state index contributed by atoms with van der Waals surface area (Å²) in [6, 6.07) is -0.326. The molecule has 0 heterocycles. The van der Waals surface area contributed by atoms with Crippen molar-refractivity contribution in [1.29, 1.82) is 0 Å². The molecule has 2 amide bonds. The summed E-state index contributed by atoms with van der Waals surface area (Å²) in [5.74, 6) is -1.02. The molecule has 0 aliphatic rings. The molecule has 0 saturated carbocycles. The minimum atomic E-state index is -1.18. The molecule has 0 fully saturated rings. The van der Waals surface area contributed by atoms with E-state index in [-0.39, 0.29) is 6.03 Å². The van der Waals surface area contributed by atoms with Gasteiger partial charge in [0, 0.05) is 21.1 Å². The highest BCUT2D eigenvalue weighted by Crippen LogP contribution is 2.13. The first-order valence-corrected chi connectivity index (χ1v) is 3.89. The average Bonchev–Trinajstić information content (AvgIpc) is 2.01. The molecule has 0 unspecified atom stereocenters. The largest absolute Gasteiger partial charge is 0.480 e. The van der Waals surface area contributed by atoms with E-state index in [1.165, 1.54) is 30.7 Å². The van der Waals surface area contributed by atoms with E-state index in [4.69, 9.17) is 5.11 Å². The average molecular weight is 188 g/mol. The molecular formula is C8H16N2O3. The van der Waals surface area contributed by atoms with Crippen LogP contribution in [-0.4, -0.2) is 53.6 Å². The number of amides is 2. The van der Waals surface area contributed by atoms with Gasteiger partial charge >= 0.3 is 12.0 Å². The fourth-order valence-corrected chi connectivity index (χ4v) is 0.683. The highest BCUT2D eigenvalue weighted by molar-refractivity contribution is 5.85. The summed E-state index contributed by atoms with van der Waals surface area (Å²) in [6.45, 7) is 2.97. The Morgan fingerprint density at radius 2 is 1.54 bits per heavy atom. The van der Waals surface area contributed by atoms with Crippen LogP contribution in [0.4, 0.5) is 4.79 Å². The summed E-state index contributed by atoms with van der Waals surface area (Å²) >= 11 is 0. The van der Waals surface area contributed by atoms with Crippen molar-refractivity contribution in [3.05, 3.63) is 0 Å². The molecule has 1 N–H and O–H groups in total. The van der Waals surface area contributed by atoms with Crippen LogP contribution in [0.1, 0.15) is 13.8 Å². The lowest BCUT2D eigenvalue weighted by atomic mass is 10.1. The number of carboxylic acid groups (broad SMARTS) is 1. The van der Waals surface area contributed by atoms with E-state index in [0.717, 1.165) is 0 Å². The van der Waals surface area contributed by atoms with Crippen molar-refractivity contribution in [2.75, 3.05) is 21.1 Å². The van der Waals surface area contributed by atoms with Crippen molar-refractivity contribution in [1.82, 2.24) is 9.80 Å². The number of carbonyl (C=O) groups excluding carboxylic acids is 1. The van der Waals surface area contributed by atoms with Gasteiger partial charge in [0.25, 0.3) is 0 Å². The summed E-state index contributed by atoms with van der Waals surface area (Å²) in [6.07, 6.45) is 0. The normalized spacial score (nSPS) is 10.8. The van der Waals surface area contributed by atoms with Gasteiger partial charge in [-0.15, -0.1) is 0 Å². The number of hydrogen-bond acceptors (Lipinski definition) is 2. The van der Waals surface area contributed by atoms with Crippen molar-refractivity contribution in [2.45, 2.75) is 19.4 Å². The van der Waals surface area contributed by atoms with E-state index in [2.05, 4.69) is 0 Å². The first-order chi connectivity index (χ1) is 5.71. The van der Waals surface area contributed by atoms with E-state index >= 15 is 0 Å². The third-order valence-electron chi connectivity index (χ3n) is 2.03. The van der Waals surface area contributed by atoms with Gasteiger partial charge < -0.3 is 14.9 Å². The maximum Gasteiger partial charge on any atom is 0.329 e. The minimum absolute atomic E-state index is 0.326. The topological polar surface area (TPSA) is 60.9 Å². The maximum absolute atomic E-state index is 11.4. The molecule has 5 nitrogen and oxygen atoms in total. The lowest BCUT2D eigenvalue weighted by Crippen LogP contribution is -2.53. The minimum Gasteiger partial charge on any atom is -0.480 e. The third-order valence-corrected chi connectivity index (χ3v) is 2.03. The number of rotatable bonds is 2. The second kappa shape index (κ2) is 3.64. The van der Waals surface area contributed by atoms with Crippen LogP contribution in [0, 0.1) is 0 Å². The van der Waals surface area contributed by atoms with E-state index in [1.54, 1.807) is 14.1 Å². The number of urea groups is 1. The quantitative estimate of drug-likeness (QED) is 0.685. The van der Waals surface area contributed by atoms with Gasteiger partial charge in [-0.3, -0.25) is 0 Å². The molecule has 0 saturated heterocycles. The SMILES string of the molecule is CN(C)C(=O)N(C)C(C)(C)C(=O)O. The van der Waals surface area contributed by atoms with Crippen LogP contribution < -0.4 is 0 Å². The highest BCUT2D eigenvalue weighted by Gasteiger charge is 2.35. The zero-order chi connectivity index (χ0) is 10.8. The molecule has 5 heteroatoms. The molecule has 0 aromatic rings. The number of carboxylic acids is 1. The lowest BCUT2D eigenvalue weighted by molar-refractivity contribution is -0.147. The Balaban J connectivity index is 4.68. The highest BCUT2D eigenvalue weighted by atomic mass is 16.4. The Bertz CT molecular complexity index is 223. The van der Waals surface area contributed by atoms with Gasteiger partial charge in [-0.25, -0.2) is 9.59 Å². The Morgan fingerprint density at radius 1 is 1.15 bits per heavy atom. The van der Waals surface area contributed by atoms with Crippen molar-refractivity contribution < 1.29 is 14.7 Å². The number of nitrogens with zero attached hydrogens (tertiary/aromatic N) is 2. The molecule has 0 aliphatic carbocycles. The fourth-order valence-electron chi connectivity index (χ4n) is 0.683. The van der Waals surface area contributed by atoms with Crippen molar-refractivity contribution in [2.24, 2.45) is 0 Å². The van der Waals surface area contributed by atoms with E-state index in [1.807, 2.05) is 0 Å². The van der Waals surface area contributed by atoms with Gasteiger partial charge in [-0.05, 0) is 13.8 Å². The molecule has 13 heavy (non-hydrogen) atoms. The molecule has 0 aliphatic heterocycles. The molecular weight excluding hydrogens is 172 g/mol. The second-order valence-electron chi connectivity index (χ2n) is 3.60. The Morgan fingerprint density at radius 3 is 1.77 bits per heavy atom. The third kappa shape index (κ3) is 2.34. The molecule has 0 bridgehead atoms. The van der Waals surface area contributed by atoms with E-state index < -0.39 is 11.5 Å². The van der Waals surface area contributed by atoms with Gasteiger partial charge in [0.1, 0.15) is 5.54 Å². The Labute approximate surface area is 77.9 Å². The molecule has 0 atom stereocenters. The summed E-state index contributed by atoms with van der Waals surface area (Å²) in [5.41, 5.74) is -1.18. The van der Waals surface area contributed by atoms with Crippen LogP contribution in [-0.2, 0) is 4.79 Å². The predicted molar refractivity (Wildman–Crippen MR) is 48.6 cm³/mol. The smallest absolute Gasteiger partial charge is 0.329 e. The Kier molecular flexibility index (Phi) is 3.28. The monoisotopic (exact) mass is 188 g/mol. The zero-order valence-electron chi connectivity index (χ0n) is 8.66. The van der Waals surface area contributed by atoms with Crippen LogP contribution in [0.3, 0.4) is 0 Å². The summed E-state index contributed by atoms with van der Waals surface area (Å²) in [4.78, 5) is 24.7. The number of hydrogen-bond donors (Lipinski definition) is 1. The maximum atomic E-state index is 11.4. The van der Waals surface area contributed by atoms with Gasteiger partial charge in [0.05, 0.1) is 0 Å². The van der Waals surface area contributed by atoms with Gasteiger partial charge in [-0.1, -0.05) is 0 Å². The second-order valence-corrected chi connectivity index (χ2v) is 3.60. The van der Waals surface area contributed by atoms with E-state index in [9.17, 15) is 9.59 Å². The summed E-state index contributed by atoms with van der Waals surface area (Å²) in [7, 11) is 4.63. The standard InChI is InChI=1S/C8H16N2O3/c1-8(2,6(11)12)10(5)7(13)9(3)4/h1-5H3,(H,11,12). The first-order valence-electron chi connectivity index (χ1n) is 3.89. The fraction of sp³-hybridized carbons (Fsp3) is 0.750. The first kappa shape index (κ1) is 11.7. The molecule has 76 valence electrons.